The summed E-state index contributed by atoms with van der Waals surface area (Å²) in [6, 6.07) is 6.42. The molecule has 2 unspecified atom stereocenters. The third-order valence-electron chi connectivity index (χ3n) is 3.53. The second-order valence-corrected chi connectivity index (χ2v) is 5.14. The second kappa shape index (κ2) is 8.25. The van der Waals surface area contributed by atoms with Crippen LogP contribution >= 0.6 is 0 Å². The van der Waals surface area contributed by atoms with Crippen LogP contribution in [0.3, 0.4) is 0 Å². The molecule has 0 aromatic heterocycles. The summed E-state index contributed by atoms with van der Waals surface area (Å²) in [7, 11) is 0. The molecule has 0 fully saturated rings. The number of halogens is 1. The van der Waals surface area contributed by atoms with Gasteiger partial charge in [-0.05, 0) is 36.5 Å². The van der Waals surface area contributed by atoms with Gasteiger partial charge >= 0.3 is 0 Å². The maximum absolute atomic E-state index is 12.8. The van der Waals surface area contributed by atoms with Gasteiger partial charge in [0.05, 0.1) is 6.10 Å². The number of hydrogen-bond acceptors (Lipinski definition) is 1. The lowest BCUT2D eigenvalue weighted by molar-refractivity contribution is 0.137. The van der Waals surface area contributed by atoms with Crippen molar-refractivity contribution in [3.8, 4) is 0 Å². The molecule has 2 atom stereocenters. The largest absolute Gasteiger partial charge is 0.393 e. The summed E-state index contributed by atoms with van der Waals surface area (Å²) in [4.78, 5) is 0. The molecule has 0 aliphatic carbocycles. The van der Waals surface area contributed by atoms with E-state index in [9.17, 15) is 9.50 Å². The van der Waals surface area contributed by atoms with Gasteiger partial charge in [0.15, 0.2) is 0 Å². The van der Waals surface area contributed by atoms with Gasteiger partial charge in [-0.2, -0.15) is 0 Å². The van der Waals surface area contributed by atoms with Crippen molar-refractivity contribution < 1.29 is 9.50 Å². The van der Waals surface area contributed by atoms with Crippen LogP contribution in [0.4, 0.5) is 4.39 Å². The van der Waals surface area contributed by atoms with E-state index in [1.807, 2.05) is 0 Å². The van der Waals surface area contributed by atoms with E-state index < -0.39 is 0 Å². The lowest BCUT2D eigenvalue weighted by Gasteiger charge is -2.18. The molecule has 0 aliphatic heterocycles. The Morgan fingerprint density at radius 3 is 2.39 bits per heavy atom. The Hall–Kier alpha value is -0.890. The molecule has 2 heteroatoms. The van der Waals surface area contributed by atoms with Crippen molar-refractivity contribution in [2.24, 2.45) is 5.92 Å². The van der Waals surface area contributed by atoms with Gasteiger partial charge in [-0.15, -0.1) is 0 Å². The first kappa shape index (κ1) is 15.2. The zero-order chi connectivity index (χ0) is 13.4. The third kappa shape index (κ3) is 5.63. The van der Waals surface area contributed by atoms with E-state index in [4.69, 9.17) is 0 Å². The highest BCUT2D eigenvalue weighted by atomic mass is 19.1. The lowest BCUT2D eigenvalue weighted by Crippen LogP contribution is -2.16. The molecule has 0 bridgehead atoms. The summed E-state index contributed by atoms with van der Waals surface area (Å²) < 4.78 is 12.8. The van der Waals surface area contributed by atoms with E-state index in [0.717, 1.165) is 18.4 Å². The fourth-order valence-electron chi connectivity index (χ4n) is 2.34. The Bertz CT molecular complexity index is 320. The molecule has 102 valence electrons. The second-order valence-electron chi connectivity index (χ2n) is 5.14. The topological polar surface area (TPSA) is 20.2 Å². The number of unbranched alkanes of at least 4 members (excludes halogenated alkanes) is 1. The van der Waals surface area contributed by atoms with Crippen LogP contribution in [-0.4, -0.2) is 11.2 Å². The lowest BCUT2D eigenvalue weighted by atomic mass is 9.91. The van der Waals surface area contributed by atoms with Crippen LogP contribution in [0.15, 0.2) is 24.3 Å². The van der Waals surface area contributed by atoms with Gasteiger partial charge in [-0.1, -0.05) is 51.7 Å². The predicted octanol–water partition coefficient (Wildman–Crippen LogP) is 4.34. The minimum Gasteiger partial charge on any atom is -0.393 e. The Morgan fingerprint density at radius 2 is 1.83 bits per heavy atom. The van der Waals surface area contributed by atoms with Crippen molar-refractivity contribution in [2.45, 2.75) is 58.5 Å². The van der Waals surface area contributed by atoms with Gasteiger partial charge in [0.2, 0.25) is 0 Å². The molecule has 1 aromatic carbocycles. The van der Waals surface area contributed by atoms with Crippen molar-refractivity contribution >= 4 is 0 Å². The van der Waals surface area contributed by atoms with Crippen molar-refractivity contribution in [1.82, 2.24) is 0 Å². The van der Waals surface area contributed by atoms with Crippen LogP contribution in [0.5, 0.6) is 0 Å². The molecule has 0 heterocycles. The molecule has 0 saturated carbocycles. The summed E-state index contributed by atoms with van der Waals surface area (Å²) in [6.45, 7) is 4.38. The standard InChI is InChI=1S/C16H25FO/c1-3-5-6-13(4-2)11-16(18)12-14-7-9-15(17)10-8-14/h7-10,13,16,18H,3-6,11-12H2,1-2H3. The Balaban J connectivity index is 2.39. The number of rotatable bonds is 8. The minimum atomic E-state index is -0.308. The molecular weight excluding hydrogens is 227 g/mol. The zero-order valence-electron chi connectivity index (χ0n) is 11.5. The van der Waals surface area contributed by atoms with Crippen molar-refractivity contribution in [2.75, 3.05) is 0 Å². The zero-order valence-corrected chi connectivity index (χ0v) is 11.5. The highest BCUT2D eigenvalue weighted by Gasteiger charge is 2.13. The first-order valence-corrected chi connectivity index (χ1v) is 7.08. The molecule has 0 radical (unpaired) electrons. The van der Waals surface area contributed by atoms with Crippen LogP contribution in [0, 0.1) is 11.7 Å². The predicted molar refractivity (Wildman–Crippen MR) is 74.0 cm³/mol. The number of benzene rings is 1. The number of hydrogen-bond donors (Lipinski definition) is 1. The normalized spacial score (nSPS) is 14.4. The van der Waals surface area contributed by atoms with Crippen LogP contribution < -0.4 is 0 Å². The summed E-state index contributed by atoms with van der Waals surface area (Å²) in [5.74, 6) is 0.392. The molecule has 1 rings (SSSR count). The van der Waals surface area contributed by atoms with Gasteiger partial charge in [0.25, 0.3) is 0 Å². The SMILES string of the molecule is CCCCC(CC)CC(O)Cc1ccc(F)cc1. The van der Waals surface area contributed by atoms with Gasteiger partial charge in [-0.25, -0.2) is 4.39 Å². The van der Waals surface area contributed by atoms with Crippen molar-refractivity contribution in [3.05, 3.63) is 35.6 Å². The third-order valence-corrected chi connectivity index (χ3v) is 3.53. The summed E-state index contributed by atoms with van der Waals surface area (Å²) in [5, 5.41) is 10.1. The molecule has 1 aromatic rings. The fraction of sp³-hybridized carbons (Fsp3) is 0.625. The first-order chi connectivity index (χ1) is 8.65. The van der Waals surface area contributed by atoms with Gasteiger partial charge in [-0.3, -0.25) is 0 Å². The average molecular weight is 252 g/mol. The Morgan fingerprint density at radius 1 is 1.17 bits per heavy atom. The van der Waals surface area contributed by atoms with Crippen LogP contribution in [0.25, 0.3) is 0 Å². The molecule has 0 aliphatic rings. The van der Waals surface area contributed by atoms with Gasteiger partial charge in [0.1, 0.15) is 5.82 Å². The Kier molecular flexibility index (Phi) is 6.96. The van der Waals surface area contributed by atoms with Crippen LogP contribution in [0.1, 0.15) is 51.5 Å². The number of aliphatic hydroxyl groups is 1. The molecule has 1 N–H and O–H groups in total. The molecule has 0 spiro atoms. The summed E-state index contributed by atoms with van der Waals surface area (Å²) >= 11 is 0. The van der Waals surface area contributed by atoms with Crippen molar-refractivity contribution in [1.29, 1.82) is 0 Å². The van der Waals surface area contributed by atoms with E-state index in [0.29, 0.717) is 12.3 Å². The molecular formula is C16H25FO. The number of aliphatic hydroxyl groups excluding tert-OH is 1. The monoisotopic (exact) mass is 252 g/mol. The van der Waals surface area contributed by atoms with Crippen molar-refractivity contribution in [3.63, 3.8) is 0 Å². The van der Waals surface area contributed by atoms with E-state index in [-0.39, 0.29) is 11.9 Å². The maximum atomic E-state index is 12.8. The maximum Gasteiger partial charge on any atom is 0.123 e. The van der Waals surface area contributed by atoms with Crippen LogP contribution in [0.2, 0.25) is 0 Å². The highest BCUT2D eigenvalue weighted by molar-refractivity contribution is 5.16. The fourth-order valence-corrected chi connectivity index (χ4v) is 2.34. The molecule has 0 amide bonds. The van der Waals surface area contributed by atoms with Crippen LogP contribution in [-0.2, 0) is 6.42 Å². The first-order valence-electron chi connectivity index (χ1n) is 7.08. The van der Waals surface area contributed by atoms with Gasteiger partial charge < -0.3 is 5.11 Å². The minimum absolute atomic E-state index is 0.220. The van der Waals surface area contributed by atoms with Gasteiger partial charge in [0, 0.05) is 0 Å². The summed E-state index contributed by atoms with van der Waals surface area (Å²) in [5.41, 5.74) is 1.01. The highest BCUT2D eigenvalue weighted by Crippen LogP contribution is 2.20. The summed E-state index contributed by atoms with van der Waals surface area (Å²) in [6.07, 6.45) is 5.95. The van der Waals surface area contributed by atoms with E-state index in [1.54, 1.807) is 12.1 Å². The molecule has 0 saturated heterocycles. The van der Waals surface area contributed by atoms with E-state index >= 15 is 0 Å². The smallest absolute Gasteiger partial charge is 0.123 e. The van der Waals surface area contributed by atoms with E-state index in [2.05, 4.69) is 13.8 Å². The average Bonchev–Trinajstić information content (AvgIpc) is 2.37. The molecule has 1 nitrogen and oxygen atoms in total. The quantitative estimate of drug-likeness (QED) is 0.730. The Labute approximate surface area is 110 Å². The molecule has 18 heavy (non-hydrogen) atoms. The van der Waals surface area contributed by atoms with E-state index in [1.165, 1.54) is 31.4 Å².